The lowest BCUT2D eigenvalue weighted by Crippen LogP contribution is -2.32. The molecule has 0 spiro atoms. The van der Waals surface area contributed by atoms with E-state index >= 15 is 0 Å². The second kappa shape index (κ2) is 7.62. The summed E-state index contributed by atoms with van der Waals surface area (Å²) in [7, 11) is 0. The van der Waals surface area contributed by atoms with Crippen molar-refractivity contribution >= 4 is 27.7 Å². The lowest BCUT2D eigenvalue weighted by molar-refractivity contribution is -0.129. The molecule has 1 heterocycles. The van der Waals surface area contributed by atoms with E-state index in [-0.39, 0.29) is 24.2 Å². The van der Waals surface area contributed by atoms with Gasteiger partial charge in [0.15, 0.2) is 0 Å². The van der Waals surface area contributed by atoms with Gasteiger partial charge >= 0.3 is 0 Å². The minimum absolute atomic E-state index is 0.0369. The minimum Gasteiger partial charge on any atom is -0.352 e. The van der Waals surface area contributed by atoms with Crippen LogP contribution in [0.3, 0.4) is 0 Å². The van der Waals surface area contributed by atoms with Crippen LogP contribution >= 0.6 is 15.9 Å². The molecule has 1 aliphatic heterocycles. The van der Waals surface area contributed by atoms with Gasteiger partial charge in [0, 0.05) is 30.5 Å². The fraction of sp³-hybridized carbons (Fsp3) is 0.263. The van der Waals surface area contributed by atoms with Gasteiger partial charge in [0.05, 0.1) is 5.92 Å². The fourth-order valence-electron chi connectivity index (χ4n) is 2.89. The number of benzene rings is 2. The van der Waals surface area contributed by atoms with Crippen molar-refractivity contribution in [1.29, 1.82) is 0 Å². The highest BCUT2D eigenvalue weighted by molar-refractivity contribution is 9.10. The Morgan fingerprint density at radius 1 is 1.12 bits per heavy atom. The number of rotatable bonds is 5. The first kappa shape index (κ1) is 16.7. The van der Waals surface area contributed by atoms with Crippen molar-refractivity contribution in [3.8, 4) is 0 Å². The lowest BCUT2D eigenvalue weighted by atomic mass is 10.1. The highest BCUT2D eigenvalue weighted by Gasteiger charge is 2.34. The largest absolute Gasteiger partial charge is 0.352 e. The standard InChI is InChI=1S/C19H19BrN2O2/c20-17-8-4-7-15(9-17)12-22-13-16(10-18(22)23)19(24)21-11-14-5-2-1-3-6-14/h1-9,16H,10-13H2,(H,21,24)/t16-/m1/s1. The fourth-order valence-corrected chi connectivity index (χ4v) is 3.33. The molecule has 5 heteroatoms. The van der Waals surface area contributed by atoms with E-state index in [1.54, 1.807) is 4.90 Å². The van der Waals surface area contributed by atoms with Crippen LogP contribution in [-0.2, 0) is 22.7 Å². The van der Waals surface area contributed by atoms with Crippen molar-refractivity contribution < 1.29 is 9.59 Å². The molecule has 24 heavy (non-hydrogen) atoms. The van der Waals surface area contributed by atoms with Gasteiger partial charge in [0.25, 0.3) is 0 Å². The van der Waals surface area contributed by atoms with Gasteiger partial charge in [-0.1, -0.05) is 58.4 Å². The summed E-state index contributed by atoms with van der Waals surface area (Å²) in [6.45, 7) is 1.52. The smallest absolute Gasteiger partial charge is 0.225 e. The molecule has 1 N–H and O–H groups in total. The molecule has 2 amide bonds. The van der Waals surface area contributed by atoms with Gasteiger partial charge in [-0.2, -0.15) is 0 Å². The topological polar surface area (TPSA) is 49.4 Å². The van der Waals surface area contributed by atoms with Crippen LogP contribution in [0.25, 0.3) is 0 Å². The number of halogens is 1. The summed E-state index contributed by atoms with van der Waals surface area (Å²) >= 11 is 3.44. The van der Waals surface area contributed by atoms with Crippen molar-refractivity contribution in [2.75, 3.05) is 6.54 Å². The third-order valence-corrected chi connectivity index (χ3v) is 4.65. The van der Waals surface area contributed by atoms with Crippen LogP contribution < -0.4 is 5.32 Å². The molecule has 0 saturated carbocycles. The minimum atomic E-state index is -0.270. The molecule has 1 fully saturated rings. The summed E-state index contributed by atoms with van der Waals surface area (Å²) in [4.78, 5) is 26.3. The quantitative estimate of drug-likeness (QED) is 0.857. The van der Waals surface area contributed by atoms with Crippen LogP contribution in [0.1, 0.15) is 17.5 Å². The predicted octanol–water partition coefficient (Wildman–Crippen LogP) is 3.11. The maximum atomic E-state index is 12.3. The average molecular weight is 387 g/mol. The second-order valence-corrected chi connectivity index (χ2v) is 6.92. The normalized spacial score (nSPS) is 17.1. The monoisotopic (exact) mass is 386 g/mol. The number of nitrogens with zero attached hydrogens (tertiary/aromatic N) is 1. The zero-order chi connectivity index (χ0) is 16.9. The Bertz CT molecular complexity index is 733. The van der Waals surface area contributed by atoms with Crippen molar-refractivity contribution in [3.05, 3.63) is 70.2 Å². The molecule has 0 unspecified atom stereocenters. The van der Waals surface area contributed by atoms with Crippen LogP contribution in [0.15, 0.2) is 59.1 Å². The molecular weight excluding hydrogens is 368 g/mol. The number of carbonyl (C=O) groups is 2. The number of likely N-dealkylation sites (tertiary alicyclic amines) is 1. The van der Waals surface area contributed by atoms with E-state index < -0.39 is 0 Å². The highest BCUT2D eigenvalue weighted by Crippen LogP contribution is 2.21. The summed E-state index contributed by atoms with van der Waals surface area (Å²) in [5.41, 5.74) is 2.12. The first-order valence-electron chi connectivity index (χ1n) is 7.95. The van der Waals surface area contributed by atoms with E-state index in [2.05, 4.69) is 21.2 Å². The molecule has 0 aliphatic carbocycles. The molecule has 1 atom stereocenters. The zero-order valence-corrected chi connectivity index (χ0v) is 14.8. The molecule has 4 nitrogen and oxygen atoms in total. The van der Waals surface area contributed by atoms with Gasteiger partial charge in [0.2, 0.25) is 11.8 Å². The third kappa shape index (κ3) is 4.23. The van der Waals surface area contributed by atoms with Gasteiger partial charge in [-0.05, 0) is 23.3 Å². The molecule has 0 aromatic heterocycles. The van der Waals surface area contributed by atoms with Gasteiger partial charge < -0.3 is 10.2 Å². The molecular formula is C19H19BrN2O2. The van der Waals surface area contributed by atoms with Crippen molar-refractivity contribution in [2.24, 2.45) is 5.92 Å². The Morgan fingerprint density at radius 2 is 1.88 bits per heavy atom. The van der Waals surface area contributed by atoms with Crippen LogP contribution in [0.2, 0.25) is 0 Å². The Labute approximate surface area is 150 Å². The number of hydrogen-bond acceptors (Lipinski definition) is 2. The molecule has 1 saturated heterocycles. The van der Waals surface area contributed by atoms with E-state index in [0.29, 0.717) is 19.6 Å². The van der Waals surface area contributed by atoms with E-state index in [0.717, 1.165) is 15.6 Å². The molecule has 3 rings (SSSR count). The zero-order valence-electron chi connectivity index (χ0n) is 13.2. The summed E-state index contributed by atoms with van der Waals surface area (Å²) in [6.07, 6.45) is 0.286. The highest BCUT2D eigenvalue weighted by atomic mass is 79.9. The van der Waals surface area contributed by atoms with Crippen LogP contribution in [0.5, 0.6) is 0 Å². The average Bonchev–Trinajstić information content (AvgIpc) is 2.94. The van der Waals surface area contributed by atoms with Gasteiger partial charge in [-0.25, -0.2) is 0 Å². The summed E-state index contributed by atoms with van der Waals surface area (Å²) in [5, 5.41) is 2.93. The van der Waals surface area contributed by atoms with Crippen molar-refractivity contribution in [3.63, 3.8) is 0 Å². The molecule has 2 aromatic carbocycles. The number of amides is 2. The predicted molar refractivity (Wildman–Crippen MR) is 96.0 cm³/mol. The van der Waals surface area contributed by atoms with Crippen LogP contribution in [0, 0.1) is 5.92 Å². The first-order chi connectivity index (χ1) is 11.6. The number of nitrogens with one attached hydrogen (secondary N) is 1. The summed E-state index contributed by atoms with van der Waals surface area (Å²) < 4.78 is 0.990. The Kier molecular flexibility index (Phi) is 5.30. The lowest BCUT2D eigenvalue weighted by Gasteiger charge is -2.17. The maximum absolute atomic E-state index is 12.3. The Morgan fingerprint density at radius 3 is 2.62 bits per heavy atom. The van der Waals surface area contributed by atoms with E-state index in [9.17, 15) is 9.59 Å². The number of hydrogen-bond donors (Lipinski definition) is 1. The molecule has 2 aromatic rings. The summed E-state index contributed by atoms with van der Waals surface area (Å²) in [5.74, 6) is -0.285. The van der Waals surface area contributed by atoms with E-state index in [1.165, 1.54) is 0 Å². The SMILES string of the molecule is O=C(NCc1ccccc1)[C@@H]1CC(=O)N(Cc2cccc(Br)c2)C1. The third-order valence-electron chi connectivity index (χ3n) is 4.16. The molecule has 1 aliphatic rings. The van der Waals surface area contributed by atoms with Gasteiger partial charge in [-0.15, -0.1) is 0 Å². The maximum Gasteiger partial charge on any atom is 0.225 e. The van der Waals surface area contributed by atoms with Crippen molar-refractivity contribution in [1.82, 2.24) is 10.2 Å². The van der Waals surface area contributed by atoms with Crippen LogP contribution in [-0.4, -0.2) is 23.3 Å². The van der Waals surface area contributed by atoms with Gasteiger partial charge in [-0.3, -0.25) is 9.59 Å². The Balaban J connectivity index is 1.55. The molecule has 124 valence electrons. The van der Waals surface area contributed by atoms with E-state index in [1.807, 2.05) is 54.6 Å². The van der Waals surface area contributed by atoms with Crippen molar-refractivity contribution in [2.45, 2.75) is 19.5 Å². The Hall–Kier alpha value is -2.14. The number of carbonyl (C=O) groups excluding carboxylic acids is 2. The second-order valence-electron chi connectivity index (χ2n) is 6.01. The molecule has 0 radical (unpaired) electrons. The van der Waals surface area contributed by atoms with E-state index in [4.69, 9.17) is 0 Å². The molecule has 0 bridgehead atoms. The first-order valence-corrected chi connectivity index (χ1v) is 8.75. The van der Waals surface area contributed by atoms with Gasteiger partial charge in [0.1, 0.15) is 0 Å². The summed E-state index contributed by atoms with van der Waals surface area (Å²) in [6, 6.07) is 17.7. The van der Waals surface area contributed by atoms with Crippen LogP contribution in [0.4, 0.5) is 0 Å².